The van der Waals surface area contributed by atoms with Crippen LogP contribution < -0.4 is 5.73 Å². The van der Waals surface area contributed by atoms with E-state index in [0.717, 1.165) is 17.4 Å². The van der Waals surface area contributed by atoms with E-state index in [-0.39, 0.29) is 0 Å². The number of nitrogens with two attached hydrogens (primary N) is 1. The fourth-order valence-corrected chi connectivity index (χ4v) is 2.16. The molecule has 1 aliphatic rings. The van der Waals surface area contributed by atoms with Crippen molar-refractivity contribution in [3.8, 4) is 0 Å². The second kappa shape index (κ2) is 3.80. The predicted octanol–water partition coefficient (Wildman–Crippen LogP) is 2.78. The number of aromatic nitrogens is 1. The van der Waals surface area contributed by atoms with Gasteiger partial charge in [-0.05, 0) is 58.8 Å². The van der Waals surface area contributed by atoms with E-state index in [4.69, 9.17) is 17.3 Å². The molecule has 2 N–H and O–H groups in total. The van der Waals surface area contributed by atoms with Crippen molar-refractivity contribution in [3.05, 3.63) is 27.5 Å². The summed E-state index contributed by atoms with van der Waals surface area (Å²) < 4.78 is 1.03. The van der Waals surface area contributed by atoms with Crippen molar-refractivity contribution in [2.24, 2.45) is 11.1 Å². The quantitative estimate of drug-likeness (QED) is 0.862. The van der Waals surface area contributed by atoms with Gasteiger partial charge in [-0.3, -0.25) is 0 Å². The van der Waals surface area contributed by atoms with Gasteiger partial charge in [0, 0.05) is 10.7 Å². The Hall–Kier alpha value is -0.120. The molecule has 1 fully saturated rings. The molecule has 1 aliphatic carbocycles. The molecule has 0 radical (unpaired) electrons. The highest BCUT2D eigenvalue weighted by molar-refractivity contribution is 9.10. The van der Waals surface area contributed by atoms with Gasteiger partial charge >= 0.3 is 0 Å². The lowest BCUT2D eigenvalue weighted by Gasteiger charge is -2.13. The van der Waals surface area contributed by atoms with Crippen molar-refractivity contribution >= 4 is 27.5 Å². The first kappa shape index (κ1) is 10.4. The van der Waals surface area contributed by atoms with Gasteiger partial charge in [0.1, 0.15) is 5.15 Å². The van der Waals surface area contributed by atoms with Crippen LogP contribution in [0.15, 0.2) is 16.7 Å². The smallest absolute Gasteiger partial charge is 0.129 e. The first-order valence-electron chi connectivity index (χ1n) is 4.65. The molecule has 0 unspecified atom stereocenters. The van der Waals surface area contributed by atoms with Gasteiger partial charge in [-0.25, -0.2) is 4.98 Å². The molecule has 0 atom stereocenters. The number of hydrogen-bond donors (Lipinski definition) is 1. The number of rotatable bonds is 3. The minimum Gasteiger partial charge on any atom is -0.330 e. The number of nitrogens with zero attached hydrogens (tertiary/aromatic N) is 1. The maximum atomic E-state index is 5.85. The Balaban J connectivity index is 2.20. The lowest BCUT2D eigenvalue weighted by Crippen LogP contribution is -2.18. The Bertz CT molecular complexity index is 350. The molecule has 2 nitrogen and oxygen atoms in total. The van der Waals surface area contributed by atoms with Crippen molar-refractivity contribution in [2.45, 2.75) is 19.3 Å². The predicted molar refractivity (Wildman–Crippen MR) is 61.4 cm³/mol. The van der Waals surface area contributed by atoms with Crippen molar-refractivity contribution in [1.82, 2.24) is 4.98 Å². The van der Waals surface area contributed by atoms with E-state index in [1.54, 1.807) is 6.20 Å². The van der Waals surface area contributed by atoms with Crippen molar-refractivity contribution in [3.63, 3.8) is 0 Å². The Morgan fingerprint density at radius 1 is 1.57 bits per heavy atom. The molecule has 0 aromatic carbocycles. The van der Waals surface area contributed by atoms with E-state index in [0.29, 0.717) is 10.6 Å². The number of pyridine rings is 1. The highest BCUT2D eigenvalue weighted by Crippen LogP contribution is 2.48. The fraction of sp³-hybridized carbons (Fsp3) is 0.500. The molecule has 0 bridgehead atoms. The molecular formula is C10H12BrClN2. The largest absolute Gasteiger partial charge is 0.330 e. The summed E-state index contributed by atoms with van der Waals surface area (Å²) in [6.45, 7) is 0.763. The maximum Gasteiger partial charge on any atom is 0.129 e. The lowest BCUT2D eigenvalue weighted by molar-refractivity contribution is 0.520. The molecule has 2 rings (SSSR count). The van der Waals surface area contributed by atoms with E-state index >= 15 is 0 Å². The number of halogens is 2. The van der Waals surface area contributed by atoms with Crippen LogP contribution in [0.4, 0.5) is 0 Å². The molecule has 4 heteroatoms. The van der Waals surface area contributed by atoms with Gasteiger partial charge in [-0.15, -0.1) is 0 Å². The topological polar surface area (TPSA) is 38.9 Å². The minimum absolute atomic E-state index is 0.340. The van der Waals surface area contributed by atoms with Gasteiger partial charge in [-0.2, -0.15) is 0 Å². The maximum absolute atomic E-state index is 5.85. The second-order valence-electron chi connectivity index (χ2n) is 3.98. The van der Waals surface area contributed by atoms with Gasteiger partial charge in [0.15, 0.2) is 0 Å². The first-order chi connectivity index (χ1) is 6.65. The highest BCUT2D eigenvalue weighted by Gasteiger charge is 2.41. The SMILES string of the molecule is NCC1(Cc2cc(Cl)ncc2Br)CC1. The van der Waals surface area contributed by atoms with Gasteiger partial charge < -0.3 is 5.73 Å². The zero-order chi connectivity index (χ0) is 10.2. The van der Waals surface area contributed by atoms with E-state index in [1.807, 2.05) is 6.07 Å². The van der Waals surface area contributed by atoms with Crippen LogP contribution in [0.5, 0.6) is 0 Å². The average molecular weight is 276 g/mol. The summed E-state index contributed by atoms with van der Waals surface area (Å²) in [6.07, 6.45) is 5.22. The van der Waals surface area contributed by atoms with Gasteiger partial charge in [0.2, 0.25) is 0 Å². The normalized spacial score (nSPS) is 18.2. The van der Waals surface area contributed by atoms with Crippen LogP contribution in [0, 0.1) is 5.41 Å². The van der Waals surface area contributed by atoms with E-state index in [9.17, 15) is 0 Å². The van der Waals surface area contributed by atoms with Crippen LogP contribution in [0.3, 0.4) is 0 Å². The molecule has 0 amide bonds. The lowest BCUT2D eigenvalue weighted by atomic mass is 9.97. The summed E-state index contributed by atoms with van der Waals surface area (Å²) in [4.78, 5) is 4.00. The standard InChI is InChI=1S/C10H12BrClN2/c11-8-5-14-9(12)3-7(8)4-10(6-13)1-2-10/h3,5H,1-2,4,6,13H2. The molecule has 0 saturated heterocycles. The third kappa shape index (κ3) is 2.10. The number of hydrogen-bond acceptors (Lipinski definition) is 2. The Labute approximate surface area is 97.0 Å². The molecule has 0 spiro atoms. The summed E-state index contributed by atoms with van der Waals surface area (Å²) in [6, 6.07) is 1.92. The van der Waals surface area contributed by atoms with Crippen molar-refractivity contribution in [2.75, 3.05) is 6.54 Å². The van der Waals surface area contributed by atoms with Crippen molar-refractivity contribution < 1.29 is 0 Å². The van der Waals surface area contributed by atoms with Gasteiger partial charge in [0.05, 0.1) is 0 Å². The minimum atomic E-state index is 0.340. The monoisotopic (exact) mass is 274 g/mol. The van der Waals surface area contributed by atoms with Crippen LogP contribution >= 0.6 is 27.5 Å². The molecule has 76 valence electrons. The summed E-state index contributed by atoms with van der Waals surface area (Å²) in [7, 11) is 0. The van der Waals surface area contributed by atoms with Crippen LogP contribution in [0.2, 0.25) is 5.15 Å². The average Bonchev–Trinajstić information content (AvgIpc) is 2.92. The summed E-state index contributed by atoms with van der Waals surface area (Å²) in [5.41, 5.74) is 7.30. The van der Waals surface area contributed by atoms with E-state index in [1.165, 1.54) is 18.4 Å². The molecule has 1 aromatic rings. The van der Waals surface area contributed by atoms with E-state index < -0.39 is 0 Å². The Morgan fingerprint density at radius 2 is 2.29 bits per heavy atom. The summed E-state index contributed by atoms with van der Waals surface area (Å²) >= 11 is 9.32. The first-order valence-corrected chi connectivity index (χ1v) is 5.82. The molecule has 0 aliphatic heterocycles. The Morgan fingerprint density at radius 3 is 2.86 bits per heavy atom. The zero-order valence-corrected chi connectivity index (χ0v) is 10.1. The van der Waals surface area contributed by atoms with E-state index in [2.05, 4.69) is 20.9 Å². The van der Waals surface area contributed by atoms with Gasteiger partial charge in [0.25, 0.3) is 0 Å². The molecule has 1 aromatic heterocycles. The highest BCUT2D eigenvalue weighted by atomic mass is 79.9. The van der Waals surface area contributed by atoms with Crippen LogP contribution in [-0.2, 0) is 6.42 Å². The van der Waals surface area contributed by atoms with Gasteiger partial charge in [-0.1, -0.05) is 11.6 Å². The molecule has 14 heavy (non-hydrogen) atoms. The molecule has 1 heterocycles. The molecular weight excluding hydrogens is 263 g/mol. The zero-order valence-electron chi connectivity index (χ0n) is 7.76. The third-order valence-corrected chi connectivity index (χ3v) is 3.78. The van der Waals surface area contributed by atoms with Crippen LogP contribution in [0.1, 0.15) is 18.4 Å². The van der Waals surface area contributed by atoms with Crippen LogP contribution in [-0.4, -0.2) is 11.5 Å². The summed E-state index contributed by atoms with van der Waals surface area (Å²) in [5.74, 6) is 0. The van der Waals surface area contributed by atoms with Crippen molar-refractivity contribution in [1.29, 1.82) is 0 Å². The summed E-state index contributed by atoms with van der Waals surface area (Å²) in [5, 5.41) is 0.552. The molecule has 1 saturated carbocycles. The van der Waals surface area contributed by atoms with Crippen LogP contribution in [0.25, 0.3) is 0 Å². The fourth-order valence-electron chi connectivity index (χ4n) is 1.62. The Kier molecular flexibility index (Phi) is 2.82. The third-order valence-electron chi connectivity index (χ3n) is 2.86. The second-order valence-corrected chi connectivity index (χ2v) is 5.22.